The number of carbonyl (C=O) groups is 1. The summed E-state index contributed by atoms with van der Waals surface area (Å²) in [4.78, 5) is 11.6. The number of methoxy groups -OCH3 is 1. The molecule has 0 spiro atoms. The number of amides is 1. The molecular weight excluding hydrogens is 204 g/mol. The van der Waals surface area contributed by atoms with Gasteiger partial charge in [0.2, 0.25) is 5.91 Å². The Bertz CT molecular complexity index is 377. The second kappa shape index (κ2) is 5.92. The standard InChI is InChI=1S/C12H16N2O2/c1-3-5-11(13)12(15)14-9-6-4-7-10(8-9)16-2/h3-4,6-8,11H,1,5,13H2,2H3,(H,14,15). The van der Waals surface area contributed by atoms with E-state index in [9.17, 15) is 4.79 Å². The molecule has 4 heteroatoms. The van der Waals surface area contributed by atoms with Gasteiger partial charge in [-0.05, 0) is 18.6 Å². The first-order valence-corrected chi connectivity index (χ1v) is 4.98. The van der Waals surface area contributed by atoms with Gasteiger partial charge < -0.3 is 15.8 Å². The number of ether oxygens (including phenoxy) is 1. The molecule has 86 valence electrons. The van der Waals surface area contributed by atoms with E-state index in [0.717, 1.165) is 0 Å². The lowest BCUT2D eigenvalue weighted by molar-refractivity contribution is -0.117. The van der Waals surface area contributed by atoms with Crippen LogP contribution in [0.3, 0.4) is 0 Å². The molecule has 0 radical (unpaired) electrons. The summed E-state index contributed by atoms with van der Waals surface area (Å²) in [7, 11) is 1.57. The predicted molar refractivity (Wildman–Crippen MR) is 64.4 cm³/mol. The molecule has 1 aromatic rings. The Balaban J connectivity index is 2.65. The summed E-state index contributed by atoms with van der Waals surface area (Å²) in [6.45, 7) is 3.54. The Labute approximate surface area is 95.1 Å². The van der Waals surface area contributed by atoms with Crippen LogP contribution in [0.15, 0.2) is 36.9 Å². The maximum Gasteiger partial charge on any atom is 0.241 e. The molecule has 0 aliphatic rings. The quantitative estimate of drug-likeness (QED) is 0.740. The molecule has 4 nitrogen and oxygen atoms in total. The van der Waals surface area contributed by atoms with Crippen LogP contribution >= 0.6 is 0 Å². The molecule has 0 aliphatic heterocycles. The van der Waals surface area contributed by atoms with E-state index in [1.807, 2.05) is 0 Å². The SMILES string of the molecule is C=CCC(N)C(=O)Nc1cccc(OC)c1. The van der Waals surface area contributed by atoms with Crippen LogP contribution in [0.5, 0.6) is 5.75 Å². The van der Waals surface area contributed by atoms with E-state index in [0.29, 0.717) is 17.9 Å². The van der Waals surface area contributed by atoms with Crippen molar-refractivity contribution in [3.63, 3.8) is 0 Å². The van der Waals surface area contributed by atoms with E-state index < -0.39 is 6.04 Å². The molecule has 16 heavy (non-hydrogen) atoms. The van der Waals surface area contributed by atoms with E-state index in [-0.39, 0.29) is 5.91 Å². The molecule has 0 heterocycles. The van der Waals surface area contributed by atoms with E-state index in [4.69, 9.17) is 10.5 Å². The Morgan fingerprint density at radius 1 is 1.69 bits per heavy atom. The summed E-state index contributed by atoms with van der Waals surface area (Å²) < 4.78 is 5.05. The molecule has 0 aliphatic carbocycles. The van der Waals surface area contributed by atoms with Gasteiger partial charge in [-0.1, -0.05) is 12.1 Å². The minimum absolute atomic E-state index is 0.229. The molecule has 0 bridgehead atoms. The number of hydrogen-bond acceptors (Lipinski definition) is 3. The molecule has 1 rings (SSSR count). The van der Waals surface area contributed by atoms with Crippen molar-refractivity contribution in [1.29, 1.82) is 0 Å². The maximum absolute atomic E-state index is 11.6. The van der Waals surface area contributed by atoms with Gasteiger partial charge >= 0.3 is 0 Å². The third-order valence-corrected chi connectivity index (χ3v) is 2.09. The smallest absolute Gasteiger partial charge is 0.241 e. The normalized spacial score (nSPS) is 11.6. The zero-order chi connectivity index (χ0) is 12.0. The van der Waals surface area contributed by atoms with Crippen LogP contribution < -0.4 is 15.8 Å². The molecular formula is C12H16N2O2. The summed E-state index contributed by atoms with van der Waals surface area (Å²) >= 11 is 0. The Morgan fingerprint density at radius 2 is 2.44 bits per heavy atom. The number of benzene rings is 1. The fourth-order valence-electron chi connectivity index (χ4n) is 1.22. The summed E-state index contributed by atoms with van der Waals surface area (Å²) in [5.74, 6) is 0.461. The van der Waals surface area contributed by atoms with E-state index >= 15 is 0 Å². The maximum atomic E-state index is 11.6. The van der Waals surface area contributed by atoms with Crippen molar-refractivity contribution in [2.24, 2.45) is 5.73 Å². The number of rotatable bonds is 5. The van der Waals surface area contributed by atoms with Crippen molar-refractivity contribution >= 4 is 11.6 Å². The summed E-state index contributed by atoms with van der Waals surface area (Å²) in [6.07, 6.45) is 2.08. The minimum atomic E-state index is -0.566. The largest absolute Gasteiger partial charge is 0.497 e. The number of carbonyl (C=O) groups excluding carboxylic acids is 1. The van der Waals surface area contributed by atoms with Crippen molar-refractivity contribution in [1.82, 2.24) is 0 Å². The molecule has 0 fully saturated rings. The summed E-state index contributed by atoms with van der Waals surface area (Å²) in [6, 6.07) is 6.55. The molecule has 1 atom stereocenters. The van der Waals surface area contributed by atoms with E-state index in [1.54, 1.807) is 37.5 Å². The highest BCUT2D eigenvalue weighted by atomic mass is 16.5. The number of anilines is 1. The van der Waals surface area contributed by atoms with Crippen molar-refractivity contribution in [2.75, 3.05) is 12.4 Å². The molecule has 0 aromatic heterocycles. The Kier molecular flexibility index (Phi) is 4.54. The van der Waals surface area contributed by atoms with Gasteiger partial charge in [0, 0.05) is 11.8 Å². The predicted octanol–water partition coefficient (Wildman–Crippen LogP) is 1.54. The van der Waals surface area contributed by atoms with Crippen LogP contribution in [-0.2, 0) is 4.79 Å². The number of hydrogen-bond donors (Lipinski definition) is 2. The zero-order valence-electron chi connectivity index (χ0n) is 9.27. The van der Waals surface area contributed by atoms with Gasteiger partial charge in [-0.15, -0.1) is 6.58 Å². The third kappa shape index (κ3) is 3.40. The minimum Gasteiger partial charge on any atom is -0.497 e. The van der Waals surface area contributed by atoms with Crippen molar-refractivity contribution in [3.8, 4) is 5.75 Å². The molecule has 0 saturated heterocycles. The van der Waals surface area contributed by atoms with Gasteiger partial charge in [0.05, 0.1) is 13.2 Å². The van der Waals surface area contributed by atoms with Gasteiger partial charge in [-0.3, -0.25) is 4.79 Å². The van der Waals surface area contributed by atoms with Crippen LogP contribution in [0.1, 0.15) is 6.42 Å². The topological polar surface area (TPSA) is 64.4 Å². The molecule has 0 saturated carbocycles. The van der Waals surface area contributed by atoms with Crippen molar-refractivity contribution in [3.05, 3.63) is 36.9 Å². The number of nitrogens with one attached hydrogen (secondary N) is 1. The fourth-order valence-corrected chi connectivity index (χ4v) is 1.22. The monoisotopic (exact) mass is 220 g/mol. The van der Waals surface area contributed by atoms with Crippen LogP contribution in [0.4, 0.5) is 5.69 Å². The molecule has 1 amide bonds. The second-order valence-corrected chi connectivity index (χ2v) is 3.35. The lowest BCUT2D eigenvalue weighted by Gasteiger charge is -2.10. The van der Waals surface area contributed by atoms with Gasteiger partial charge in [-0.2, -0.15) is 0 Å². The van der Waals surface area contributed by atoms with Crippen LogP contribution in [0.2, 0.25) is 0 Å². The highest BCUT2D eigenvalue weighted by Gasteiger charge is 2.11. The Morgan fingerprint density at radius 3 is 3.06 bits per heavy atom. The van der Waals surface area contributed by atoms with E-state index in [2.05, 4.69) is 11.9 Å². The van der Waals surface area contributed by atoms with Gasteiger partial charge in [0.25, 0.3) is 0 Å². The molecule has 3 N–H and O–H groups in total. The van der Waals surface area contributed by atoms with Crippen LogP contribution in [0, 0.1) is 0 Å². The number of nitrogens with two attached hydrogens (primary N) is 1. The average molecular weight is 220 g/mol. The van der Waals surface area contributed by atoms with Gasteiger partial charge in [0.1, 0.15) is 5.75 Å². The zero-order valence-corrected chi connectivity index (χ0v) is 9.27. The van der Waals surface area contributed by atoms with E-state index in [1.165, 1.54) is 0 Å². The average Bonchev–Trinajstić information content (AvgIpc) is 2.29. The summed E-state index contributed by atoms with van der Waals surface area (Å²) in [5.41, 5.74) is 6.30. The first kappa shape index (κ1) is 12.3. The van der Waals surface area contributed by atoms with Crippen molar-refractivity contribution in [2.45, 2.75) is 12.5 Å². The van der Waals surface area contributed by atoms with Crippen molar-refractivity contribution < 1.29 is 9.53 Å². The van der Waals surface area contributed by atoms with Crippen LogP contribution in [-0.4, -0.2) is 19.1 Å². The molecule has 1 unspecified atom stereocenters. The lowest BCUT2D eigenvalue weighted by atomic mass is 10.2. The fraction of sp³-hybridized carbons (Fsp3) is 0.250. The molecule has 1 aromatic carbocycles. The van der Waals surface area contributed by atoms with Gasteiger partial charge in [0.15, 0.2) is 0 Å². The van der Waals surface area contributed by atoms with Crippen LogP contribution in [0.25, 0.3) is 0 Å². The highest BCUT2D eigenvalue weighted by molar-refractivity contribution is 5.94. The summed E-state index contributed by atoms with van der Waals surface area (Å²) in [5, 5.41) is 2.71. The first-order chi connectivity index (χ1) is 7.67. The first-order valence-electron chi connectivity index (χ1n) is 4.98. The third-order valence-electron chi connectivity index (χ3n) is 2.09. The van der Waals surface area contributed by atoms with Gasteiger partial charge in [-0.25, -0.2) is 0 Å². The lowest BCUT2D eigenvalue weighted by Crippen LogP contribution is -2.35. The second-order valence-electron chi connectivity index (χ2n) is 3.35. The highest BCUT2D eigenvalue weighted by Crippen LogP contribution is 2.16. The Hall–Kier alpha value is -1.81.